The van der Waals surface area contributed by atoms with Crippen LogP contribution < -0.4 is 10.0 Å². The van der Waals surface area contributed by atoms with Crippen LogP contribution in [0.15, 0.2) is 23.1 Å². The molecule has 1 unspecified atom stereocenters. The first-order valence-corrected chi connectivity index (χ1v) is 8.92. The number of likely N-dealkylation sites (N-methyl/N-ethyl adjacent to an activating group) is 1. The van der Waals surface area contributed by atoms with E-state index < -0.39 is 10.0 Å². The fourth-order valence-corrected chi connectivity index (χ4v) is 4.09. The van der Waals surface area contributed by atoms with Gasteiger partial charge >= 0.3 is 0 Å². The minimum absolute atomic E-state index is 0.0304. The van der Waals surface area contributed by atoms with Crippen LogP contribution in [0, 0.1) is 0 Å². The summed E-state index contributed by atoms with van der Waals surface area (Å²) in [7, 11) is 0.303. The number of sulfonamides is 1. The molecule has 0 saturated carbocycles. The molecule has 0 bridgehead atoms. The number of nitrogens with zero attached hydrogens (tertiary/aromatic N) is 1. The lowest BCUT2D eigenvalue weighted by molar-refractivity contribution is 0.242. The Balaban J connectivity index is 2.17. The van der Waals surface area contributed by atoms with E-state index in [1.807, 2.05) is 7.05 Å². The van der Waals surface area contributed by atoms with Crippen molar-refractivity contribution in [3.63, 3.8) is 0 Å². The van der Waals surface area contributed by atoms with Crippen molar-refractivity contribution in [2.24, 2.45) is 0 Å². The van der Waals surface area contributed by atoms with Crippen LogP contribution in [0.4, 0.5) is 0 Å². The molecule has 118 valence electrons. The van der Waals surface area contributed by atoms with Gasteiger partial charge in [-0.15, -0.1) is 0 Å². The van der Waals surface area contributed by atoms with Gasteiger partial charge in [0.1, 0.15) is 0 Å². The van der Waals surface area contributed by atoms with Crippen LogP contribution in [0.25, 0.3) is 0 Å². The lowest BCUT2D eigenvalue weighted by atomic mass is 10.1. The predicted molar refractivity (Wildman–Crippen MR) is 85.1 cm³/mol. The highest BCUT2D eigenvalue weighted by Gasteiger charge is 2.24. The van der Waals surface area contributed by atoms with Crippen molar-refractivity contribution in [1.29, 1.82) is 0 Å². The van der Waals surface area contributed by atoms with Gasteiger partial charge in [-0.1, -0.05) is 11.6 Å². The van der Waals surface area contributed by atoms with E-state index in [1.165, 1.54) is 0 Å². The number of halogens is 1. The molecule has 1 fully saturated rings. The fourth-order valence-electron chi connectivity index (χ4n) is 2.59. The zero-order valence-corrected chi connectivity index (χ0v) is 14.0. The molecule has 2 rings (SSSR count). The third-order valence-electron chi connectivity index (χ3n) is 3.64. The number of rotatable bonds is 5. The van der Waals surface area contributed by atoms with Crippen molar-refractivity contribution in [3.8, 4) is 0 Å². The van der Waals surface area contributed by atoms with Gasteiger partial charge in [0, 0.05) is 24.2 Å². The van der Waals surface area contributed by atoms with E-state index in [1.54, 1.807) is 25.2 Å². The highest BCUT2D eigenvalue weighted by molar-refractivity contribution is 7.89. The summed E-state index contributed by atoms with van der Waals surface area (Å²) in [5, 5.41) is 3.55. The molecule has 1 heterocycles. The Morgan fingerprint density at radius 3 is 2.86 bits per heavy atom. The van der Waals surface area contributed by atoms with Crippen molar-refractivity contribution >= 4 is 21.6 Å². The van der Waals surface area contributed by atoms with Crippen molar-refractivity contribution in [1.82, 2.24) is 14.9 Å². The minimum Gasteiger partial charge on any atom is -0.316 e. The molecule has 1 aliphatic rings. The molecular formula is C14H22ClN3O2S. The summed E-state index contributed by atoms with van der Waals surface area (Å²) in [6.07, 6.45) is 1.88. The van der Waals surface area contributed by atoms with Crippen LogP contribution in [0.2, 0.25) is 5.02 Å². The van der Waals surface area contributed by atoms with Gasteiger partial charge < -0.3 is 10.2 Å². The molecule has 21 heavy (non-hydrogen) atoms. The number of nitrogens with one attached hydrogen (secondary N) is 2. The second-order valence-electron chi connectivity index (χ2n) is 5.51. The van der Waals surface area contributed by atoms with Crippen LogP contribution in [-0.4, -0.2) is 46.5 Å². The normalized spacial score (nSPS) is 20.6. The quantitative estimate of drug-likeness (QED) is 0.857. The predicted octanol–water partition coefficient (Wildman–Crippen LogP) is 1.43. The van der Waals surface area contributed by atoms with Crippen molar-refractivity contribution in [2.45, 2.75) is 30.3 Å². The third kappa shape index (κ3) is 4.40. The van der Waals surface area contributed by atoms with Gasteiger partial charge in [-0.05, 0) is 57.2 Å². The monoisotopic (exact) mass is 331 g/mol. The van der Waals surface area contributed by atoms with Crippen LogP contribution in [0.1, 0.15) is 18.4 Å². The molecule has 1 saturated heterocycles. The summed E-state index contributed by atoms with van der Waals surface area (Å²) in [5.41, 5.74) is 0.780. The fraction of sp³-hybridized carbons (Fsp3) is 0.571. The molecule has 2 N–H and O–H groups in total. The first kappa shape index (κ1) is 16.7. The molecule has 1 aromatic rings. The zero-order valence-electron chi connectivity index (χ0n) is 12.4. The molecule has 7 heteroatoms. The molecule has 0 spiro atoms. The first-order valence-electron chi connectivity index (χ1n) is 7.06. The Kier molecular flexibility index (Phi) is 5.62. The Bertz CT molecular complexity index is 592. The lowest BCUT2D eigenvalue weighted by Gasteiger charge is -2.30. The molecule has 0 aliphatic carbocycles. The summed E-state index contributed by atoms with van der Waals surface area (Å²) in [5.74, 6) is 0. The van der Waals surface area contributed by atoms with E-state index in [2.05, 4.69) is 14.9 Å². The van der Waals surface area contributed by atoms with Crippen molar-refractivity contribution in [2.75, 3.05) is 27.2 Å². The van der Waals surface area contributed by atoms with Gasteiger partial charge in [-0.2, -0.15) is 0 Å². The molecule has 0 radical (unpaired) electrons. The molecule has 1 aliphatic heterocycles. The number of benzene rings is 1. The van der Waals surface area contributed by atoms with Gasteiger partial charge in [-0.25, -0.2) is 13.1 Å². The van der Waals surface area contributed by atoms with Crippen LogP contribution in [-0.2, 0) is 16.6 Å². The maximum Gasteiger partial charge on any atom is 0.240 e. The standard InChI is InChI=1S/C14H22ClN3O2S/c1-16-9-11-8-13(5-6-14(11)15)21(19,20)17-12-4-3-7-18(2)10-12/h5-6,8,12,16-17H,3-4,7,9-10H2,1-2H3. The van der Waals surface area contributed by atoms with E-state index in [-0.39, 0.29) is 10.9 Å². The molecule has 5 nitrogen and oxygen atoms in total. The van der Waals surface area contributed by atoms with Gasteiger partial charge in [-0.3, -0.25) is 0 Å². The third-order valence-corrected chi connectivity index (χ3v) is 5.53. The second-order valence-corrected chi connectivity index (χ2v) is 7.63. The molecule has 0 aromatic heterocycles. The average Bonchev–Trinajstić information content (AvgIpc) is 2.41. The summed E-state index contributed by atoms with van der Waals surface area (Å²) in [6.45, 7) is 2.30. The number of likely N-dealkylation sites (tertiary alicyclic amines) is 1. The average molecular weight is 332 g/mol. The molecule has 0 amide bonds. The van der Waals surface area contributed by atoms with E-state index in [9.17, 15) is 8.42 Å². The first-order chi connectivity index (χ1) is 9.92. The number of hydrogen-bond donors (Lipinski definition) is 2. The maximum atomic E-state index is 12.5. The van der Waals surface area contributed by atoms with Gasteiger partial charge in [0.25, 0.3) is 0 Å². The topological polar surface area (TPSA) is 61.4 Å². The van der Waals surface area contributed by atoms with Gasteiger partial charge in [0.05, 0.1) is 4.90 Å². The molecule has 1 aromatic carbocycles. The minimum atomic E-state index is -3.50. The maximum absolute atomic E-state index is 12.5. The molecule has 1 atom stereocenters. The number of hydrogen-bond acceptors (Lipinski definition) is 4. The second kappa shape index (κ2) is 7.07. The van der Waals surface area contributed by atoms with Crippen LogP contribution >= 0.6 is 11.6 Å². The van der Waals surface area contributed by atoms with E-state index in [4.69, 9.17) is 11.6 Å². The molecular weight excluding hydrogens is 310 g/mol. The summed E-state index contributed by atoms with van der Waals surface area (Å²) in [6, 6.07) is 4.79. The highest BCUT2D eigenvalue weighted by Crippen LogP contribution is 2.21. The zero-order chi connectivity index (χ0) is 15.5. The van der Waals surface area contributed by atoms with E-state index in [0.29, 0.717) is 11.6 Å². The summed E-state index contributed by atoms with van der Waals surface area (Å²) < 4.78 is 27.8. The smallest absolute Gasteiger partial charge is 0.240 e. The highest BCUT2D eigenvalue weighted by atomic mass is 35.5. The van der Waals surface area contributed by atoms with Gasteiger partial charge in [0.2, 0.25) is 10.0 Å². The van der Waals surface area contributed by atoms with Crippen molar-refractivity contribution in [3.05, 3.63) is 28.8 Å². The Morgan fingerprint density at radius 1 is 1.43 bits per heavy atom. The van der Waals surface area contributed by atoms with E-state index in [0.717, 1.165) is 31.5 Å². The Morgan fingerprint density at radius 2 is 2.19 bits per heavy atom. The van der Waals surface area contributed by atoms with Crippen LogP contribution in [0.5, 0.6) is 0 Å². The van der Waals surface area contributed by atoms with E-state index >= 15 is 0 Å². The van der Waals surface area contributed by atoms with Gasteiger partial charge in [0.15, 0.2) is 0 Å². The summed E-state index contributed by atoms with van der Waals surface area (Å²) >= 11 is 6.07. The lowest BCUT2D eigenvalue weighted by Crippen LogP contribution is -2.46. The van der Waals surface area contributed by atoms with Crippen LogP contribution in [0.3, 0.4) is 0 Å². The SMILES string of the molecule is CNCc1cc(S(=O)(=O)NC2CCCN(C)C2)ccc1Cl. The summed E-state index contributed by atoms with van der Waals surface area (Å²) in [4.78, 5) is 2.41. The largest absolute Gasteiger partial charge is 0.316 e. The Labute approximate surface area is 131 Å². The van der Waals surface area contributed by atoms with Crippen molar-refractivity contribution < 1.29 is 8.42 Å². The Hall–Kier alpha value is -0.660. The number of piperidine rings is 1.